The van der Waals surface area contributed by atoms with Gasteiger partial charge in [0.25, 0.3) is 0 Å². The van der Waals surface area contributed by atoms with Gasteiger partial charge >= 0.3 is 0 Å². The van der Waals surface area contributed by atoms with Gasteiger partial charge in [-0.05, 0) is 36.6 Å². The lowest BCUT2D eigenvalue weighted by molar-refractivity contribution is 0.318. The van der Waals surface area contributed by atoms with Gasteiger partial charge in [0.2, 0.25) is 0 Å². The molecule has 2 atom stereocenters. The van der Waals surface area contributed by atoms with E-state index >= 15 is 0 Å². The fourth-order valence-corrected chi connectivity index (χ4v) is 3.05. The van der Waals surface area contributed by atoms with Crippen molar-refractivity contribution in [2.75, 3.05) is 24.7 Å². The summed E-state index contributed by atoms with van der Waals surface area (Å²) in [5.41, 5.74) is 7.70. The molecule has 0 amide bonds. The van der Waals surface area contributed by atoms with Gasteiger partial charge in [0.05, 0.1) is 5.56 Å². The van der Waals surface area contributed by atoms with E-state index in [0.717, 1.165) is 34.5 Å². The van der Waals surface area contributed by atoms with Crippen LogP contribution in [0.1, 0.15) is 18.9 Å². The molecule has 104 valence electrons. The molecule has 0 spiro atoms. The molecule has 0 aromatic heterocycles. The van der Waals surface area contributed by atoms with Crippen molar-refractivity contribution in [3.05, 3.63) is 23.8 Å². The van der Waals surface area contributed by atoms with Gasteiger partial charge in [-0.2, -0.15) is 0 Å². The summed E-state index contributed by atoms with van der Waals surface area (Å²) in [6, 6.07) is 6.04. The highest BCUT2D eigenvalue weighted by atomic mass is 32.2. The first kappa shape index (κ1) is 14.1. The highest BCUT2D eigenvalue weighted by Crippen LogP contribution is 2.39. The molecule has 1 fully saturated rings. The SMILES string of the molecule is CSc1cccc(N(C)CC2CC2C)c1/C(N)=N/O. The number of rotatable bonds is 5. The van der Waals surface area contributed by atoms with Crippen molar-refractivity contribution in [2.24, 2.45) is 22.7 Å². The summed E-state index contributed by atoms with van der Waals surface area (Å²) in [6.45, 7) is 3.30. The van der Waals surface area contributed by atoms with Crippen LogP contribution in [0.4, 0.5) is 5.69 Å². The van der Waals surface area contributed by atoms with Gasteiger partial charge in [0.15, 0.2) is 5.84 Å². The molecule has 0 aliphatic heterocycles. The third-order valence-corrected chi connectivity index (χ3v) is 4.56. The van der Waals surface area contributed by atoms with E-state index < -0.39 is 0 Å². The van der Waals surface area contributed by atoms with Gasteiger partial charge in [-0.15, -0.1) is 11.8 Å². The van der Waals surface area contributed by atoms with Gasteiger partial charge in [0.1, 0.15) is 0 Å². The fourth-order valence-electron chi connectivity index (χ4n) is 2.42. The summed E-state index contributed by atoms with van der Waals surface area (Å²) >= 11 is 1.61. The normalized spacial score (nSPS) is 22.4. The molecule has 5 heteroatoms. The quantitative estimate of drug-likeness (QED) is 0.286. The van der Waals surface area contributed by atoms with E-state index in [1.165, 1.54) is 6.42 Å². The van der Waals surface area contributed by atoms with Crippen molar-refractivity contribution in [3.63, 3.8) is 0 Å². The fraction of sp³-hybridized carbons (Fsp3) is 0.500. The lowest BCUT2D eigenvalue weighted by Gasteiger charge is -2.23. The van der Waals surface area contributed by atoms with Crippen molar-refractivity contribution < 1.29 is 5.21 Å². The monoisotopic (exact) mass is 279 g/mol. The predicted octanol–water partition coefficient (Wildman–Crippen LogP) is 2.60. The summed E-state index contributed by atoms with van der Waals surface area (Å²) in [5, 5.41) is 12.2. The molecule has 2 unspecified atom stereocenters. The number of amidine groups is 1. The zero-order valence-electron chi connectivity index (χ0n) is 11.6. The summed E-state index contributed by atoms with van der Waals surface area (Å²) < 4.78 is 0. The molecule has 2 rings (SSSR count). The lowest BCUT2D eigenvalue weighted by atomic mass is 10.1. The van der Waals surface area contributed by atoms with Crippen LogP contribution in [0.3, 0.4) is 0 Å². The van der Waals surface area contributed by atoms with E-state index in [1.54, 1.807) is 11.8 Å². The van der Waals surface area contributed by atoms with Crippen molar-refractivity contribution >= 4 is 23.3 Å². The first-order chi connectivity index (χ1) is 9.08. The van der Waals surface area contributed by atoms with Crippen molar-refractivity contribution in [2.45, 2.75) is 18.2 Å². The van der Waals surface area contributed by atoms with E-state index in [0.29, 0.717) is 0 Å². The maximum absolute atomic E-state index is 8.99. The Labute approximate surface area is 118 Å². The zero-order chi connectivity index (χ0) is 14.0. The van der Waals surface area contributed by atoms with Crippen LogP contribution in [-0.4, -0.2) is 30.9 Å². The minimum atomic E-state index is 0.177. The predicted molar refractivity (Wildman–Crippen MR) is 81.3 cm³/mol. The Hall–Kier alpha value is -1.36. The van der Waals surface area contributed by atoms with Crippen molar-refractivity contribution in [1.29, 1.82) is 0 Å². The Kier molecular flexibility index (Phi) is 4.24. The standard InChI is InChI=1S/C14H21N3OS/c1-9-7-10(9)8-17(2)11-5-4-6-12(19-3)13(11)14(15)16-18/h4-6,9-10,18H,7-8H2,1-3H3,(H2,15,16). The second kappa shape index (κ2) is 5.74. The maximum atomic E-state index is 8.99. The first-order valence-electron chi connectivity index (χ1n) is 6.44. The van der Waals surface area contributed by atoms with Crippen LogP contribution in [0, 0.1) is 11.8 Å². The van der Waals surface area contributed by atoms with Gasteiger partial charge in [-0.3, -0.25) is 0 Å². The molecule has 3 N–H and O–H groups in total. The van der Waals surface area contributed by atoms with Crippen LogP contribution in [-0.2, 0) is 0 Å². The molecule has 19 heavy (non-hydrogen) atoms. The molecular weight excluding hydrogens is 258 g/mol. The molecule has 0 bridgehead atoms. The highest BCUT2D eigenvalue weighted by molar-refractivity contribution is 7.98. The van der Waals surface area contributed by atoms with Crippen LogP contribution in [0.25, 0.3) is 0 Å². The number of benzene rings is 1. The van der Waals surface area contributed by atoms with Crippen molar-refractivity contribution in [1.82, 2.24) is 0 Å². The minimum absolute atomic E-state index is 0.177. The van der Waals surface area contributed by atoms with Gasteiger partial charge in [-0.1, -0.05) is 18.1 Å². The third-order valence-electron chi connectivity index (χ3n) is 3.78. The first-order valence-corrected chi connectivity index (χ1v) is 7.67. The van der Waals surface area contributed by atoms with Crippen LogP contribution in [0.15, 0.2) is 28.3 Å². The Balaban J connectivity index is 2.32. The molecular formula is C14H21N3OS. The molecule has 1 aromatic carbocycles. The number of nitrogens with zero attached hydrogens (tertiary/aromatic N) is 2. The molecule has 1 saturated carbocycles. The Morgan fingerprint density at radius 2 is 2.26 bits per heavy atom. The Morgan fingerprint density at radius 3 is 2.79 bits per heavy atom. The zero-order valence-corrected chi connectivity index (χ0v) is 12.4. The summed E-state index contributed by atoms with van der Waals surface area (Å²) in [4.78, 5) is 3.24. The average Bonchev–Trinajstić information content (AvgIpc) is 3.12. The molecule has 1 aromatic rings. The average molecular weight is 279 g/mol. The minimum Gasteiger partial charge on any atom is -0.409 e. The smallest absolute Gasteiger partial charge is 0.173 e. The van der Waals surface area contributed by atoms with Gasteiger partial charge in [0, 0.05) is 24.2 Å². The maximum Gasteiger partial charge on any atom is 0.173 e. The molecule has 0 radical (unpaired) electrons. The van der Waals surface area contributed by atoms with E-state index in [2.05, 4.69) is 24.0 Å². The summed E-state index contributed by atoms with van der Waals surface area (Å²) in [5.74, 6) is 1.76. The second-order valence-electron chi connectivity index (χ2n) is 5.19. The van der Waals surface area contributed by atoms with E-state index in [-0.39, 0.29) is 5.84 Å². The number of anilines is 1. The Bertz CT molecular complexity index is 490. The van der Waals surface area contributed by atoms with Crippen LogP contribution < -0.4 is 10.6 Å². The molecule has 1 aliphatic carbocycles. The number of nitrogens with two attached hydrogens (primary N) is 1. The largest absolute Gasteiger partial charge is 0.409 e. The number of thioether (sulfide) groups is 1. The second-order valence-corrected chi connectivity index (χ2v) is 6.04. The van der Waals surface area contributed by atoms with E-state index in [4.69, 9.17) is 10.9 Å². The number of oxime groups is 1. The highest BCUT2D eigenvalue weighted by Gasteiger charge is 2.33. The number of hydrogen-bond acceptors (Lipinski definition) is 4. The summed E-state index contributed by atoms with van der Waals surface area (Å²) in [7, 11) is 2.07. The topological polar surface area (TPSA) is 61.8 Å². The van der Waals surface area contributed by atoms with Crippen LogP contribution >= 0.6 is 11.8 Å². The molecule has 0 heterocycles. The Morgan fingerprint density at radius 1 is 1.58 bits per heavy atom. The molecule has 4 nitrogen and oxygen atoms in total. The number of hydrogen-bond donors (Lipinski definition) is 2. The van der Waals surface area contributed by atoms with Crippen LogP contribution in [0.5, 0.6) is 0 Å². The van der Waals surface area contributed by atoms with E-state index in [1.807, 2.05) is 24.5 Å². The van der Waals surface area contributed by atoms with Gasteiger partial charge < -0.3 is 15.8 Å². The van der Waals surface area contributed by atoms with Crippen LogP contribution in [0.2, 0.25) is 0 Å². The lowest BCUT2D eigenvalue weighted by Crippen LogP contribution is -2.25. The molecule has 1 aliphatic rings. The van der Waals surface area contributed by atoms with Gasteiger partial charge in [-0.25, -0.2) is 0 Å². The van der Waals surface area contributed by atoms with Crippen molar-refractivity contribution in [3.8, 4) is 0 Å². The third kappa shape index (κ3) is 2.97. The molecule has 0 saturated heterocycles. The summed E-state index contributed by atoms with van der Waals surface area (Å²) in [6.07, 6.45) is 3.29. The van der Waals surface area contributed by atoms with E-state index in [9.17, 15) is 0 Å².